The van der Waals surface area contributed by atoms with Gasteiger partial charge in [0.1, 0.15) is 11.3 Å². The molecule has 8 heteroatoms. The SMILES string of the molecule is CCOC(=O)c1c(NC(=O)COC(=O)C2CCC2)oc(C)c1C(C)=O. The summed E-state index contributed by atoms with van der Waals surface area (Å²) in [4.78, 5) is 47.5. The lowest BCUT2D eigenvalue weighted by Gasteiger charge is -2.22. The number of hydrogen-bond acceptors (Lipinski definition) is 7. The number of ether oxygens (including phenoxy) is 2. The normalized spacial score (nSPS) is 13.7. The molecule has 1 aliphatic carbocycles. The molecule has 0 aliphatic heterocycles. The number of carbonyl (C=O) groups is 4. The maximum Gasteiger partial charge on any atom is 0.344 e. The maximum atomic E-state index is 12.1. The average Bonchev–Trinajstić information content (AvgIpc) is 2.80. The summed E-state index contributed by atoms with van der Waals surface area (Å²) < 4.78 is 15.2. The molecule has 1 N–H and O–H groups in total. The van der Waals surface area contributed by atoms with Crippen molar-refractivity contribution in [2.75, 3.05) is 18.5 Å². The minimum Gasteiger partial charge on any atom is -0.462 e. The highest BCUT2D eigenvalue weighted by atomic mass is 16.5. The number of Topliss-reactive ketones (excluding diaryl/α,β-unsaturated/α-hetero) is 1. The van der Waals surface area contributed by atoms with E-state index in [9.17, 15) is 19.2 Å². The van der Waals surface area contributed by atoms with Gasteiger partial charge in [-0.3, -0.25) is 19.7 Å². The third kappa shape index (κ3) is 4.26. The smallest absolute Gasteiger partial charge is 0.344 e. The van der Waals surface area contributed by atoms with Crippen LogP contribution in [0.1, 0.15) is 59.6 Å². The highest BCUT2D eigenvalue weighted by Crippen LogP contribution is 2.29. The molecule has 25 heavy (non-hydrogen) atoms. The van der Waals surface area contributed by atoms with Crippen molar-refractivity contribution < 1.29 is 33.1 Å². The summed E-state index contributed by atoms with van der Waals surface area (Å²) in [5.41, 5.74) is -0.0780. The summed E-state index contributed by atoms with van der Waals surface area (Å²) in [5, 5.41) is 2.36. The van der Waals surface area contributed by atoms with Crippen molar-refractivity contribution in [2.24, 2.45) is 5.92 Å². The van der Waals surface area contributed by atoms with E-state index in [-0.39, 0.29) is 41.1 Å². The molecule has 1 aromatic heterocycles. The molecule has 0 bridgehead atoms. The number of hydrogen-bond donors (Lipinski definition) is 1. The Bertz CT molecular complexity index is 700. The van der Waals surface area contributed by atoms with E-state index in [1.54, 1.807) is 6.92 Å². The fourth-order valence-electron chi connectivity index (χ4n) is 2.52. The average molecular weight is 351 g/mol. The van der Waals surface area contributed by atoms with Crippen LogP contribution in [0.2, 0.25) is 0 Å². The number of rotatable bonds is 7. The molecule has 1 fully saturated rings. The quantitative estimate of drug-likeness (QED) is 0.592. The van der Waals surface area contributed by atoms with Crippen molar-refractivity contribution in [3.05, 3.63) is 16.9 Å². The lowest BCUT2D eigenvalue weighted by Crippen LogP contribution is -2.28. The van der Waals surface area contributed by atoms with Gasteiger partial charge in [-0.2, -0.15) is 0 Å². The highest BCUT2D eigenvalue weighted by Gasteiger charge is 2.30. The van der Waals surface area contributed by atoms with Gasteiger partial charge in [-0.25, -0.2) is 4.79 Å². The molecular weight excluding hydrogens is 330 g/mol. The molecule has 0 unspecified atom stereocenters. The standard InChI is InChI=1S/C17H21NO7/c1-4-23-17(22)14-13(9(2)19)10(3)25-15(14)18-12(20)8-24-16(21)11-6-5-7-11/h11H,4-8H2,1-3H3,(H,18,20). The van der Waals surface area contributed by atoms with Gasteiger partial charge in [0.15, 0.2) is 12.4 Å². The van der Waals surface area contributed by atoms with Crippen molar-refractivity contribution in [2.45, 2.75) is 40.0 Å². The molecule has 0 radical (unpaired) electrons. The number of amides is 1. The second-order valence-corrected chi connectivity index (χ2v) is 5.80. The van der Waals surface area contributed by atoms with Gasteiger partial charge < -0.3 is 13.9 Å². The molecule has 0 aromatic carbocycles. The molecule has 1 aliphatic rings. The maximum absolute atomic E-state index is 12.1. The lowest BCUT2D eigenvalue weighted by atomic mass is 9.86. The highest BCUT2D eigenvalue weighted by molar-refractivity contribution is 6.10. The van der Waals surface area contributed by atoms with Crippen LogP contribution < -0.4 is 5.32 Å². The van der Waals surface area contributed by atoms with Crippen molar-refractivity contribution in [3.8, 4) is 0 Å². The van der Waals surface area contributed by atoms with Crippen LogP contribution >= 0.6 is 0 Å². The Morgan fingerprint density at radius 2 is 1.84 bits per heavy atom. The van der Waals surface area contributed by atoms with Gasteiger partial charge in [-0.15, -0.1) is 0 Å². The summed E-state index contributed by atoms with van der Waals surface area (Å²) in [5.74, 6) is -2.37. The monoisotopic (exact) mass is 351 g/mol. The van der Waals surface area contributed by atoms with E-state index < -0.39 is 24.5 Å². The first-order chi connectivity index (χ1) is 11.8. The number of esters is 2. The van der Waals surface area contributed by atoms with Crippen molar-refractivity contribution in [1.82, 2.24) is 0 Å². The Kier molecular flexibility index (Phi) is 5.95. The second-order valence-electron chi connectivity index (χ2n) is 5.80. The Hall–Kier alpha value is -2.64. The molecule has 0 spiro atoms. The summed E-state index contributed by atoms with van der Waals surface area (Å²) in [6.07, 6.45) is 2.52. The molecule has 1 saturated carbocycles. The third-order valence-electron chi connectivity index (χ3n) is 3.95. The first kappa shape index (κ1) is 18.7. The Morgan fingerprint density at radius 3 is 2.36 bits per heavy atom. The lowest BCUT2D eigenvalue weighted by molar-refractivity contribution is -0.154. The zero-order valence-corrected chi connectivity index (χ0v) is 14.5. The van der Waals surface area contributed by atoms with Gasteiger partial charge in [-0.1, -0.05) is 6.42 Å². The second kappa shape index (κ2) is 7.96. The number of nitrogens with one attached hydrogen (secondary N) is 1. The molecular formula is C17H21NO7. The predicted molar refractivity (Wildman–Crippen MR) is 86.3 cm³/mol. The summed E-state index contributed by atoms with van der Waals surface area (Å²) in [7, 11) is 0. The minimum atomic E-state index is -0.772. The van der Waals surface area contributed by atoms with Gasteiger partial charge in [-0.05, 0) is 33.6 Å². The van der Waals surface area contributed by atoms with Crippen LogP contribution in [0, 0.1) is 12.8 Å². The van der Waals surface area contributed by atoms with Crippen LogP contribution in [0.3, 0.4) is 0 Å². The van der Waals surface area contributed by atoms with E-state index in [4.69, 9.17) is 13.9 Å². The number of aryl methyl sites for hydroxylation is 1. The topological polar surface area (TPSA) is 112 Å². The van der Waals surface area contributed by atoms with E-state index in [0.29, 0.717) is 0 Å². The predicted octanol–water partition coefficient (Wildman–Crippen LogP) is 2.25. The van der Waals surface area contributed by atoms with Crippen molar-refractivity contribution >= 4 is 29.5 Å². The molecule has 2 rings (SSSR count). The Balaban J connectivity index is 2.10. The Morgan fingerprint density at radius 1 is 1.16 bits per heavy atom. The fourth-order valence-corrected chi connectivity index (χ4v) is 2.52. The molecule has 0 atom stereocenters. The van der Waals surface area contributed by atoms with Crippen LogP contribution in [0.5, 0.6) is 0 Å². The fraction of sp³-hybridized carbons (Fsp3) is 0.529. The van der Waals surface area contributed by atoms with Crippen LogP contribution in [0.4, 0.5) is 5.88 Å². The largest absolute Gasteiger partial charge is 0.462 e. The number of furan rings is 1. The van der Waals surface area contributed by atoms with Crippen LogP contribution in [0.25, 0.3) is 0 Å². The van der Waals surface area contributed by atoms with E-state index in [0.717, 1.165) is 19.3 Å². The van der Waals surface area contributed by atoms with E-state index in [1.807, 2.05) is 0 Å². The molecule has 1 amide bonds. The van der Waals surface area contributed by atoms with Crippen LogP contribution in [-0.2, 0) is 19.1 Å². The van der Waals surface area contributed by atoms with Crippen LogP contribution in [0.15, 0.2) is 4.42 Å². The number of ketones is 1. The van der Waals surface area contributed by atoms with Crippen molar-refractivity contribution in [3.63, 3.8) is 0 Å². The molecule has 1 heterocycles. The van der Waals surface area contributed by atoms with E-state index in [1.165, 1.54) is 13.8 Å². The van der Waals surface area contributed by atoms with Gasteiger partial charge in [0.05, 0.1) is 18.1 Å². The van der Waals surface area contributed by atoms with Gasteiger partial charge in [0, 0.05) is 0 Å². The molecule has 0 saturated heterocycles. The number of carbonyl (C=O) groups excluding carboxylic acids is 4. The van der Waals surface area contributed by atoms with E-state index in [2.05, 4.69) is 5.32 Å². The zero-order chi connectivity index (χ0) is 18.6. The van der Waals surface area contributed by atoms with Gasteiger partial charge in [0.25, 0.3) is 5.91 Å². The molecule has 1 aromatic rings. The van der Waals surface area contributed by atoms with Gasteiger partial charge in [0.2, 0.25) is 5.88 Å². The summed E-state index contributed by atoms with van der Waals surface area (Å²) in [6, 6.07) is 0. The first-order valence-corrected chi connectivity index (χ1v) is 8.13. The summed E-state index contributed by atoms with van der Waals surface area (Å²) >= 11 is 0. The van der Waals surface area contributed by atoms with Crippen molar-refractivity contribution in [1.29, 1.82) is 0 Å². The number of anilines is 1. The molecule has 136 valence electrons. The molecule has 8 nitrogen and oxygen atoms in total. The minimum absolute atomic E-state index is 0.0558. The third-order valence-corrected chi connectivity index (χ3v) is 3.95. The van der Waals surface area contributed by atoms with Crippen LogP contribution in [-0.4, -0.2) is 36.8 Å². The van der Waals surface area contributed by atoms with E-state index >= 15 is 0 Å². The van der Waals surface area contributed by atoms with Gasteiger partial charge >= 0.3 is 11.9 Å². The zero-order valence-electron chi connectivity index (χ0n) is 14.5. The summed E-state index contributed by atoms with van der Waals surface area (Å²) in [6.45, 7) is 4.02. The Labute approximate surface area is 144 Å². The first-order valence-electron chi connectivity index (χ1n) is 8.13.